The third-order valence-corrected chi connectivity index (χ3v) is 5.05. The number of furan rings is 1. The summed E-state index contributed by atoms with van der Waals surface area (Å²) in [7, 11) is 1.43. The number of nitrogens with one attached hydrogen (secondary N) is 1. The fourth-order valence-corrected chi connectivity index (χ4v) is 3.54. The fourth-order valence-electron chi connectivity index (χ4n) is 3.54. The van der Waals surface area contributed by atoms with Crippen LogP contribution in [0.3, 0.4) is 0 Å². The van der Waals surface area contributed by atoms with Crippen molar-refractivity contribution in [1.82, 2.24) is 10.2 Å². The smallest absolute Gasteiger partial charge is 0.220 e. The molecule has 6 heteroatoms. The van der Waals surface area contributed by atoms with E-state index in [-0.39, 0.29) is 17.7 Å². The maximum atomic E-state index is 13.8. The molecule has 0 radical (unpaired) electrons. The predicted octanol–water partition coefficient (Wildman–Crippen LogP) is 3.70. The molecule has 0 bridgehead atoms. The largest absolute Gasteiger partial charge is 0.494 e. The van der Waals surface area contributed by atoms with Gasteiger partial charge in [-0.15, -0.1) is 0 Å². The molecular weight excluding hydrogens is 347 g/mol. The van der Waals surface area contributed by atoms with E-state index in [2.05, 4.69) is 10.2 Å². The number of methoxy groups -OCH3 is 1. The Hall–Kier alpha value is -2.34. The van der Waals surface area contributed by atoms with Crippen LogP contribution in [0.15, 0.2) is 41.0 Å². The molecule has 1 aliphatic heterocycles. The van der Waals surface area contributed by atoms with Crippen LogP contribution in [-0.4, -0.2) is 37.6 Å². The number of rotatable bonds is 8. The van der Waals surface area contributed by atoms with Crippen LogP contribution in [0.25, 0.3) is 0 Å². The molecule has 0 spiro atoms. The number of carbonyl (C=O) groups excluding carboxylic acids is 1. The highest BCUT2D eigenvalue weighted by atomic mass is 19.1. The van der Waals surface area contributed by atoms with E-state index < -0.39 is 5.82 Å². The first-order valence-corrected chi connectivity index (χ1v) is 9.54. The van der Waals surface area contributed by atoms with Gasteiger partial charge >= 0.3 is 0 Å². The SMILES string of the molecule is COc1ccc(CCC(=O)NCC(c2ccco2)N2CCCCC2)cc1F. The molecule has 0 saturated carbocycles. The van der Waals surface area contributed by atoms with Gasteiger partial charge in [0.25, 0.3) is 0 Å². The van der Waals surface area contributed by atoms with Crippen molar-refractivity contribution in [3.05, 3.63) is 53.7 Å². The average Bonchev–Trinajstić information content (AvgIpc) is 3.22. The minimum Gasteiger partial charge on any atom is -0.494 e. The Morgan fingerprint density at radius 1 is 1.30 bits per heavy atom. The van der Waals surface area contributed by atoms with E-state index in [1.165, 1.54) is 32.4 Å². The van der Waals surface area contributed by atoms with Crippen molar-refractivity contribution in [2.24, 2.45) is 0 Å². The minimum atomic E-state index is -0.404. The summed E-state index contributed by atoms with van der Waals surface area (Å²) >= 11 is 0. The van der Waals surface area contributed by atoms with Crippen LogP contribution in [-0.2, 0) is 11.2 Å². The van der Waals surface area contributed by atoms with Crippen LogP contribution >= 0.6 is 0 Å². The van der Waals surface area contributed by atoms with E-state index >= 15 is 0 Å². The van der Waals surface area contributed by atoms with Gasteiger partial charge in [-0.25, -0.2) is 4.39 Å². The number of ether oxygens (including phenoxy) is 1. The lowest BCUT2D eigenvalue weighted by Crippen LogP contribution is -2.40. The lowest BCUT2D eigenvalue weighted by molar-refractivity contribution is -0.121. The van der Waals surface area contributed by atoms with Gasteiger partial charge in [0.2, 0.25) is 5.91 Å². The summed E-state index contributed by atoms with van der Waals surface area (Å²) in [4.78, 5) is 14.7. The van der Waals surface area contributed by atoms with Gasteiger partial charge in [-0.3, -0.25) is 9.69 Å². The van der Waals surface area contributed by atoms with E-state index in [9.17, 15) is 9.18 Å². The first-order chi connectivity index (χ1) is 13.2. The Balaban J connectivity index is 1.52. The normalized spacial score (nSPS) is 16.1. The highest BCUT2D eigenvalue weighted by molar-refractivity contribution is 5.76. The highest BCUT2D eigenvalue weighted by Gasteiger charge is 2.24. The Morgan fingerprint density at radius 3 is 2.78 bits per heavy atom. The third-order valence-electron chi connectivity index (χ3n) is 5.05. The molecule has 3 rings (SSSR count). The molecule has 1 saturated heterocycles. The van der Waals surface area contributed by atoms with Gasteiger partial charge in [-0.05, 0) is 62.2 Å². The Kier molecular flexibility index (Phi) is 6.87. The number of amides is 1. The summed E-state index contributed by atoms with van der Waals surface area (Å²) in [6, 6.07) is 8.70. The number of nitrogens with zero attached hydrogens (tertiary/aromatic N) is 1. The molecule has 1 unspecified atom stereocenters. The quantitative estimate of drug-likeness (QED) is 0.765. The number of carbonyl (C=O) groups is 1. The van der Waals surface area contributed by atoms with E-state index in [1.54, 1.807) is 18.4 Å². The van der Waals surface area contributed by atoms with Gasteiger partial charge in [0, 0.05) is 13.0 Å². The number of aryl methyl sites for hydroxylation is 1. The molecule has 1 fully saturated rings. The van der Waals surface area contributed by atoms with Crippen LogP contribution in [0, 0.1) is 5.82 Å². The zero-order valence-corrected chi connectivity index (χ0v) is 15.7. The van der Waals surface area contributed by atoms with E-state index in [1.807, 2.05) is 12.1 Å². The van der Waals surface area contributed by atoms with E-state index in [0.29, 0.717) is 19.4 Å². The van der Waals surface area contributed by atoms with E-state index in [4.69, 9.17) is 9.15 Å². The number of hydrogen-bond acceptors (Lipinski definition) is 4. The number of likely N-dealkylation sites (tertiary alicyclic amines) is 1. The van der Waals surface area contributed by atoms with Crippen molar-refractivity contribution in [2.45, 2.75) is 38.1 Å². The zero-order valence-electron chi connectivity index (χ0n) is 15.7. The van der Waals surface area contributed by atoms with Gasteiger partial charge in [0.05, 0.1) is 19.4 Å². The molecule has 1 aromatic carbocycles. The Bertz CT molecular complexity index is 727. The van der Waals surface area contributed by atoms with Crippen molar-refractivity contribution in [3.8, 4) is 5.75 Å². The molecule has 2 heterocycles. The van der Waals surface area contributed by atoms with Crippen LogP contribution in [0.5, 0.6) is 5.75 Å². The van der Waals surface area contributed by atoms with Crippen molar-refractivity contribution >= 4 is 5.91 Å². The molecule has 146 valence electrons. The highest BCUT2D eigenvalue weighted by Crippen LogP contribution is 2.24. The summed E-state index contributed by atoms with van der Waals surface area (Å²) in [5.41, 5.74) is 0.780. The average molecular weight is 374 g/mol. The summed E-state index contributed by atoms with van der Waals surface area (Å²) < 4.78 is 24.3. The molecule has 1 amide bonds. The molecular formula is C21H27FN2O3. The van der Waals surface area contributed by atoms with Crippen molar-refractivity contribution < 1.29 is 18.3 Å². The number of benzene rings is 1. The lowest BCUT2D eigenvalue weighted by Gasteiger charge is -2.33. The molecule has 1 N–H and O–H groups in total. The standard InChI is InChI=1S/C21H27FN2O3/c1-26-19-9-7-16(14-17(19)22)8-10-21(25)23-15-18(20-6-5-13-27-20)24-11-3-2-4-12-24/h5-7,9,13-14,18H,2-4,8,10-12,15H2,1H3,(H,23,25). The fraction of sp³-hybridized carbons (Fsp3) is 0.476. The maximum Gasteiger partial charge on any atom is 0.220 e. The second kappa shape index (κ2) is 9.55. The van der Waals surface area contributed by atoms with Crippen molar-refractivity contribution in [3.63, 3.8) is 0 Å². The summed E-state index contributed by atoms with van der Waals surface area (Å²) in [5.74, 6) is 0.652. The van der Waals surface area contributed by atoms with Crippen LogP contribution < -0.4 is 10.1 Å². The van der Waals surface area contributed by atoms with Gasteiger partial charge in [0.15, 0.2) is 11.6 Å². The molecule has 2 aromatic rings. The monoisotopic (exact) mass is 374 g/mol. The molecule has 1 aliphatic rings. The minimum absolute atomic E-state index is 0.0419. The van der Waals surface area contributed by atoms with E-state index in [0.717, 1.165) is 24.4 Å². The summed E-state index contributed by atoms with van der Waals surface area (Å²) in [5, 5.41) is 3.02. The Morgan fingerprint density at radius 2 is 2.11 bits per heavy atom. The zero-order chi connectivity index (χ0) is 19.1. The summed E-state index contributed by atoms with van der Waals surface area (Å²) in [6.45, 7) is 2.56. The second-order valence-electron chi connectivity index (χ2n) is 6.90. The Labute approximate surface area is 159 Å². The van der Waals surface area contributed by atoms with Crippen molar-refractivity contribution in [1.29, 1.82) is 0 Å². The van der Waals surface area contributed by atoms with Crippen LogP contribution in [0.2, 0.25) is 0 Å². The van der Waals surface area contributed by atoms with Gasteiger partial charge in [-0.2, -0.15) is 0 Å². The maximum absolute atomic E-state index is 13.8. The number of piperidine rings is 1. The van der Waals surface area contributed by atoms with Gasteiger partial charge in [-0.1, -0.05) is 12.5 Å². The predicted molar refractivity (Wildman–Crippen MR) is 101 cm³/mol. The first-order valence-electron chi connectivity index (χ1n) is 9.54. The van der Waals surface area contributed by atoms with Gasteiger partial charge < -0.3 is 14.5 Å². The first kappa shape index (κ1) is 19.4. The third kappa shape index (κ3) is 5.32. The van der Waals surface area contributed by atoms with Crippen LogP contribution in [0.4, 0.5) is 4.39 Å². The topological polar surface area (TPSA) is 54.7 Å². The number of hydrogen-bond donors (Lipinski definition) is 1. The second-order valence-corrected chi connectivity index (χ2v) is 6.90. The van der Waals surface area contributed by atoms with Crippen LogP contribution in [0.1, 0.15) is 43.0 Å². The van der Waals surface area contributed by atoms with Gasteiger partial charge in [0.1, 0.15) is 5.76 Å². The summed E-state index contributed by atoms with van der Waals surface area (Å²) in [6.07, 6.45) is 6.08. The molecule has 5 nitrogen and oxygen atoms in total. The molecule has 27 heavy (non-hydrogen) atoms. The molecule has 1 atom stereocenters. The molecule has 0 aliphatic carbocycles. The number of halogens is 1. The lowest BCUT2D eigenvalue weighted by atomic mass is 10.1. The molecule has 1 aromatic heterocycles. The van der Waals surface area contributed by atoms with Crippen molar-refractivity contribution in [2.75, 3.05) is 26.7 Å².